The Hall–Kier alpha value is -2.34. The number of benzene rings is 1. The zero-order valence-corrected chi connectivity index (χ0v) is 12.9. The number of aromatic nitrogens is 1. The Labute approximate surface area is 129 Å². The van der Waals surface area contributed by atoms with Crippen molar-refractivity contribution >= 4 is 11.7 Å². The van der Waals surface area contributed by atoms with Gasteiger partial charge in [-0.05, 0) is 18.9 Å². The summed E-state index contributed by atoms with van der Waals surface area (Å²) in [6.45, 7) is 4.30. The number of urea groups is 1. The van der Waals surface area contributed by atoms with Crippen molar-refractivity contribution in [3.05, 3.63) is 47.3 Å². The van der Waals surface area contributed by atoms with Gasteiger partial charge in [-0.15, -0.1) is 0 Å². The third-order valence-corrected chi connectivity index (χ3v) is 3.37. The summed E-state index contributed by atoms with van der Waals surface area (Å²) in [6, 6.07) is 9.37. The quantitative estimate of drug-likeness (QED) is 0.859. The lowest BCUT2D eigenvalue weighted by Crippen LogP contribution is -2.36. The molecule has 22 heavy (non-hydrogen) atoms. The molecule has 1 heterocycles. The number of nitrogens with one attached hydrogen (secondary N) is 1. The van der Waals surface area contributed by atoms with E-state index in [9.17, 15) is 9.90 Å². The number of amides is 2. The van der Waals surface area contributed by atoms with Gasteiger partial charge < -0.3 is 19.8 Å². The van der Waals surface area contributed by atoms with Crippen molar-refractivity contribution in [2.24, 2.45) is 0 Å². The first kappa shape index (κ1) is 16.0. The summed E-state index contributed by atoms with van der Waals surface area (Å²) in [5.74, 6) is 0.578. The van der Waals surface area contributed by atoms with E-state index in [1.54, 1.807) is 11.8 Å². The normalized spacial score (nSPS) is 10.5. The second-order valence-electron chi connectivity index (χ2n) is 4.97. The van der Waals surface area contributed by atoms with Crippen molar-refractivity contribution in [1.29, 1.82) is 0 Å². The predicted octanol–water partition coefficient (Wildman–Crippen LogP) is 2.57. The molecule has 1 aromatic carbocycles. The van der Waals surface area contributed by atoms with Gasteiger partial charge in [0, 0.05) is 13.1 Å². The molecule has 0 atom stereocenters. The van der Waals surface area contributed by atoms with E-state index in [2.05, 4.69) is 10.5 Å². The van der Waals surface area contributed by atoms with E-state index >= 15 is 0 Å². The number of anilines is 1. The Morgan fingerprint density at radius 3 is 2.73 bits per heavy atom. The average molecular weight is 303 g/mol. The van der Waals surface area contributed by atoms with Gasteiger partial charge in [-0.1, -0.05) is 42.4 Å². The highest BCUT2D eigenvalue weighted by Gasteiger charge is 2.18. The number of aryl methyl sites for hydroxylation is 2. The minimum Gasteiger partial charge on any atom is -0.395 e. The van der Waals surface area contributed by atoms with Gasteiger partial charge in [0.25, 0.3) is 0 Å². The third-order valence-electron chi connectivity index (χ3n) is 3.37. The van der Waals surface area contributed by atoms with Crippen LogP contribution in [0.4, 0.5) is 10.5 Å². The van der Waals surface area contributed by atoms with Gasteiger partial charge in [0.1, 0.15) is 11.4 Å². The largest absolute Gasteiger partial charge is 0.395 e. The molecular formula is C16H21N3O3. The standard InChI is InChI=1S/C16H21N3O3/c1-3-14-15(12(2)22-18-14)17-16(21)19(9-10-20)11-13-7-5-4-6-8-13/h4-8,20H,3,9-11H2,1-2H3,(H,17,21). The molecule has 0 saturated heterocycles. The molecule has 0 spiro atoms. The fraction of sp³-hybridized carbons (Fsp3) is 0.375. The highest BCUT2D eigenvalue weighted by Crippen LogP contribution is 2.21. The summed E-state index contributed by atoms with van der Waals surface area (Å²) in [4.78, 5) is 14.0. The molecule has 2 N–H and O–H groups in total. The van der Waals surface area contributed by atoms with Crippen molar-refractivity contribution in [2.45, 2.75) is 26.8 Å². The van der Waals surface area contributed by atoms with E-state index in [-0.39, 0.29) is 19.2 Å². The Kier molecular flexibility index (Phi) is 5.55. The number of aliphatic hydroxyl groups is 1. The van der Waals surface area contributed by atoms with E-state index in [4.69, 9.17) is 4.52 Å². The molecule has 1 aromatic heterocycles. The number of carbonyl (C=O) groups is 1. The number of hydrogen-bond acceptors (Lipinski definition) is 4. The first-order valence-corrected chi connectivity index (χ1v) is 7.31. The molecule has 0 aliphatic heterocycles. The van der Waals surface area contributed by atoms with Gasteiger partial charge in [0.05, 0.1) is 6.61 Å². The van der Waals surface area contributed by atoms with Crippen LogP contribution in [0.15, 0.2) is 34.9 Å². The zero-order valence-electron chi connectivity index (χ0n) is 12.9. The van der Waals surface area contributed by atoms with Crippen LogP contribution >= 0.6 is 0 Å². The van der Waals surface area contributed by atoms with Crippen LogP contribution in [-0.4, -0.2) is 34.3 Å². The topological polar surface area (TPSA) is 78.6 Å². The molecule has 0 aliphatic carbocycles. The van der Waals surface area contributed by atoms with Gasteiger partial charge >= 0.3 is 6.03 Å². The van der Waals surface area contributed by atoms with Gasteiger partial charge in [-0.2, -0.15) is 0 Å². The number of aliphatic hydroxyl groups excluding tert-OH is 1. The van der Waals surface area contributed by atoms with Crippen molar-refractivity contribution < 1.29 is 14.4 Å². The van der Waals surface area contributed by atoms with Crippen LogP contribution in [0.1, 0.15) is 23.9 Å². The lowest BCUT2D eigenvalue weighted by molar-refractivity contribution is 0.185. The van der Waals surface area contributed by atoms with Crippen LogP contribution in [0.5, 0.6) is 0 Å². The van der Waals surface area contributed by atoms with Gasteiger partial charge in [-0.25, -0.2) is 4.79 Å². The highest BCUT2D eigenvalue weighted by molar-refractivity contribution is 5.90. The summed E-state index contributed by atoms with van der Waals surface area (Å²) >= 11 is 0. The summed E-state index contributed by atoms with van der Waals surface area (Å²) in [5.41, 5.74) is 2.34. The predicted molar refractivity (Wildman–Crippen MR) is 83.6 cm³/mol. The maximum Gasteiger partial charge on any atom is 0.322 e. The Morgan fingerprint density at radius 2 is 2.09 bits per heavy atom. The molecule has 2 rings (SSSR count). The lowest BCUT2D eigenvalue weighted by atomic mass is 10.2. The summed E-state index contributed by atoms with van der Waals surface area (Å²) in [6.07, 6.45) is 0.672. The maximum atomic E-state index is 12.5. The molecule has 0 fully saturated rings. The molecule has 0 bridgehead atoms. The third kappa shape index (κ3) is 3.85. The zero-order chi connectivity index (χ0) is 15.9. The van der Waals surface area contributed by atoms with Crippen molar-refractivity contribution in [1.82, 2.24) is 10.1 Å². The summed E-state index contributed by atoms with van der Waals surface area (Å²) in [7, 11) is 0. The molecule has 2 aromatic rings. The van der Waals surface area contributed by atoms with Gasteiger partial charge in [0.2, 0.25) is 0 Å². The fourth-order valence-electron chi connectivity index (χ4n) is 2.18. The highest BCUT2D eigenvalue weighted by atomic mass is 16.5. The van der Waals surface area contributed by atoms with Crippen molar-refractivity contribution in [3.63, 3.8) is 0 Å². The van der Waals surface area contributed by atoms with Crippen molar-refractivity contribution in [3.8, 4) is 0 Å². The van der Waals surface area contributed by atoms with Crippen LogP contribution in [-0.2, 0) is 13.0 Å². The number of hydrogen-bond donors (Lipinski definition) is 2. The Balaban J connectivity index is 2.11. The van der Waals surface area contributed by atoms with Crippen LogP contribution in [0.25, 0.3) is 0 Å². The van der Waals surface area contributed by atoms with Gasteiger partial charge in [0.15, 0.2) is 5.76 Å². The molecule has 0 saturated carbocycles. The molecule has 118 valence electrons. The number of rotatable bonds is 6. The molecule has 6 nitrogen and oxygen atoms in total. The minimum atomic E-state index is -0.279. The second-order valence-corrected chi connectivity index (χ2v) is 4.97. The lowest BCUT2D eigenvalue weighted by Gasteiger charge is -2.22. The van der Waals surface area contributed by atoms with E-state index in [0.717, 1.165) is 11.3 Å². The summed E-state index contributed by atoms with van der Waals surface area (Å²) < 4.78 is 5.11. The fourth-order valence-corrected chi connectivity index (χ4v) is 2.18. The monoisotopic (exact) mass is 303 g/mol. The molecular weight excluding hydrogens is 282 g/mol. The number of nitrogens with zero attached hydrogens (tertiary/aromatic N) is 2. The Bertz CT molecular complexity index is 610. The van der Waals surface area contributed by atoms with E-state index in [0.29, 0.717) is 24.4 Å². The van der Waals surface area contributed by atoms with Crippen LogP contribution in [0.2, 0.25) is 0 Å². The smallest absolute Gasteiger partial charge is 0.322 e. The minimum absolute atomic E-state index is 0.0937. The van der Waals surface area contributed by atoms with E-state index in [1.165, 1.54) is 0 Å². The molecule has 6 heteroatoms. The maximum absolute atomic E-state index is 12.5. The van der Waals surface area contributed by atoms with E-state index < -0.39 is 0 Å². The van der Waals surface area contributed by atoms with E-state index in [1.807, 2.05) is 37.3 Å². The summed E-state index contributed by atoms with van der Waals surface area (Å²) in [5, 5.41) is 15.9. The molecule has 0 radical (unpaired) electrons. The van der Waals surface area contributed by atoms with Crippen molar-refractivity contribution in [2.75, 3.05) is 18.5 Å². The second kappa shape index (κ2) is 7.61. The Morgan fingerprint density at radius 1 is 1.36 bits per heavy atom. The number of carbonyl (C=O) groups excluding carboxylic acids is 1. The first-order chi connectivity index (χ1) is 10.7. The SMILES string of the molecule is CCc1noc(C)c1NC(=O)N(CCO)Cc1ccccc1. The van der Waals surface area contributed by atoms with Crippen LogP contribution in [0.3, 0.4) is 0 Å². The average Bonchev–Trinajstić information content (AvgIpc) is 2.88. The molecule has 0 aliphatic rings. The van der Waals surface area contributed by atoms with Gasteiger partial charge in [-0.3, -0.25) is 0 Å². The van der Waals surface area contributed by atoms with Crippen LogP contribution < -0.4 is 5.32 Å². The molecule has 0 unspecified atom stereocenters. The molecule has 2 amide bonds. The van der Waals surface area contributed by atoms with Crippen LogP contribution in [0, 0.1) is 6.92 Å². The first-order valence-electron chi connectivity index (χ1n) is 7.31.